The van der Waals surface area contributed by atoms with Crippen LogP contribution in [0, 0.1) is 5.92 Å². The maximum Gasteiger partial charge on any atom is 0.110 e. The molecule has 0 aliphatic rings. The molecule has 2 nitrogen and oxygen atoms in total. The molecule has 3 heteroatoms. The summed E-state index contributed by atoms with van der Waals surface area (Å²) in [4.78, 5) is 4.62. The fourth-order valence-corrected chi connectivity index (χ4v) is 2.64. The number of hydrogen-bond acceptors (Lipinski definition) is 3. The predicted octanol–water partition coefficient (Wildman–Crippen LogP) is 3.39. The Balaban J connectivity index is 2.09. The molecule has 1 aromatic carbocycles. The molecule has 2 rings (SSSR count). The number of nitrogens with two attached hydrogens (primary N) is 1. The molecule has 0 amide bonds. The Morgan fingerprint density at radius 3 is 2.59 bits per heavy atom. The van der Waals surface area contributed by atoms with Crippen LogP contribution in [0.15, 0.2) is 35.7 Å². The summed E-state index contributed by atoms with van der Waals surface area (Å²) < 4.78 is 0. The summed E-state index contributed by atoms with van der Waals surface area (Å²) in [6.45, 7) is 4.26. The Morgan fingerprint density at radius 2 is 1.94 bits per heavy atom. The van der Waals surface area contributed by atoms with Crippen LogP contribution in [0.1, 0.15) is 36.2 Å². The molecule has 1 heterocycles. The first-order valence-electron chi connectivity index (χ1n) is 5.90. The van der Waals surface area contributed by atoms with Gasteiger partial charge in [-0.25, -0.2) is 4.98 Å². The summed E-state index contributed by atoms with van der Waals surface area (Å²) in [5.41, 5.74) is 8.50. The highest BCUT2D eigenvalue weighted by Crippen LogP contribution is 2.23. The number of hydrogen-bond donors (Lipinski definition) is 1. The van der Waals surface area contributed by atoms with Gasteiger partial charge in [0.15, 0.2) is 0 Å². The van der Waals surface area contributed by atoms with Crippen LogP contribution in [0.4, 0.5) is 0 Å². The topological polar surface area (TPSA) is 38.9 Å². The third-order valence-corrected chi connectivity index (χ3v) is 3.80. The highest BCUT2D eigenvalue weighted by molar-refractivity contribution is 7.09. The maximum atomic E-state index is 6.09. The van der Waals surface area contributed by atoms with Gasteiger partial charge in [0.05, 0.1) is 11.7 Å². The van der Waals surface area contributed by atoms with Crippen LogP contribution in [-0.2, 0) is 6.42 Å². The average molecular weight is 246 g/mol. The number of aromatic nitrogens is 1. The Hall–Kier alpha value is -1.19. The van der Waals surface area contributed by atoms with Crippen LogP contribution < -0.4 is 5.73 Å². The molecule has 0 spiro atoms. The zero-order chi connectivity index (χ0) is 12.3. The summed E-state index contributed by atoms with van der Waals surface area (Å²) in [7, 11) is 0. The minimum absolute atomic E-state index is 0.0597. The summed E-state index contributed by atoms with van der Waals surface area (Å²) in [5.74, 6) is 0.436. The minimum atomic E-state index is 0.0597. The normalized spacial score (nSPS) is 12.9. The van der Waals surface area contributed by atoms with E-state index >= 15 is 0 Å². The number of thiazole rings is 1. The van der Waals surface area contributed by atoms with E-state index < -0.39 is 0 Å². The smallest absolute Gasteiger partial charge is 0.110 e. The molecule has 2 N–H and O–H groups in total. The molecule has 0 aliphatic carbocycles. The van der Waals surface area contributed by atoms with Gasteiger partial charge in [0.2, 0.25) is 0 Å². The van der Waals surface area contributed by atoms with E-state index in [2.05, 4.69) is 48.5 Å². The third-order valence-electron chi connectivity index (χ3n) is 2.80. The average Bonchev–Trinajstić information content (AvgIpc) is 2.77. The Labute approximate surface area is 107 Å². The highest BCUT2D eigenvalue weighted by atomic mass is 32.1. The van der Waals surface area contributed by atoms with Crippen molar-refractivity contribution in [3.05, 3.63) is 52.0 Å². The zero-order valence-corrected chi connectivity index (χ0v) is 11.1. The summed E-state index contributed by atoms with van der Waals surface area (Å²) in [6, 6.07) is 10.5. The molecule has 1 aromatic heterocycles. The van der Waals surface area contributed by atoms with Gasteiger partial charge in [0.25, 0.3) is 0 Å². The maximum absolute atomic E-state index is 6.09. The first-order chi connectivity index (χ1) is 8.16. The van der Waals surface area contributed by atoms with Crippen molar-refractivity contribution in [1.82, 2.24) is 4.98 Å². The van der Waals surface area contributed by atoms with Crippen LogP contribution in [0.5, 0.6) is 0 Å². The molecular weight excluding hydrogens is 228 g/mol. The van der Waals surface area contributed by atoms with Crippen molar-refractivity contribution in [3.8, 4) is 0 Å². The lowest BCUT2D eigenvalue weighted by molar-refractivity contribution is 0.511. The molecule has 1 unspecified atom stereocenters. The largest absolute Gasteiger partial charge is 0.322 e. The first-order valence-corrected chi connectivity index (χ1v) is 6.78. The van der Waals surface area contributed by atoms with Crippen LogP contribution in [0.2, 0.25) is 0 Å². The Kier molecular flexibility index (Phi) is 3.92. The Morgan fingerprint density at radius 1 is 1.24 bits per heavy atom. The Bertz CT molecular complexity index is 462. The molecular formula is C14H18N2S. The molecule has 0 bridgehead atoms. The molecule has 2 aromatic rings. The van der Waals surface area contributed by atoms with Gasteiger partial charge >= 0.3 is 0 Å². The summed E-state index contributed by atoms with van der Waals surface area (Å²) in [5, 5.41) is 3.16. The SMILES string of the molecule is CC(C)C(N)c1nc(Cc2ccccc2)cs1. The van der Waals surface area contributed by atoms with Gasteiger partial charge in [-0.1, -0.05) is 44.2 Å². The number of nitrogens with zero attached hydrogens (tertiary/aromatic N) is 1. The lowest BCUT2D eigenvalue weighted by Gasteiger charge is -2.11. The highest BCUT2D eigenvalue weighted by Gasteiger charge is 2.14. The molecule has 90 valence electrons. The quantitative estimate of drug-likeness (QED) is 0.898. The van der Waals surface area contributed by atoms with E-state index in [1.54, 1.807) is 11.3 Å². The van der Waals surface area contributed by atoms with Gasteiger partial charge < -0.3 is 5.73 Å². The molecule has 17 heavy (non-hydrogen) atoms. The summed E-state index contributed by atoms with van der Waals surface area (Å²) >= 11 is 1.67. The lowest BCUT2D eigenvalue weighted by atomic mass is 10.1. The second-order valence-electron chi connectivity index (χ2n) is 4.61. The van der Waals surface area contributed by atoms with E-state index in [9.17, 15) is 0 Å². The fourth-order valence-electron chi connectivity index (χ4n) is 1.65. The fraction of sp³-hybridized carbons (Fsp3) is 0.357. The van der Waals surface area contributed by atoms with Gasteiger partial charge in [-0.15, -0.1) is 11.3 Å². The van der Waals surface area contributed by atoms with Gasteiger partial charge in [0.1, 0.15) is 5.01 Å². The van der Waals surface area contributed by atoms with Gasteiger partial charge in [-0.3, -0.25) is 0 Å². The molecule has 0 fully saturated rings. The van der Waals surface area contributed by atoms with Crippen LogP contribution in [0.3, 0.4) is 0 Å². The van der Waals surface area contributed by atoms with Crippen LogP contribution >= 0.6 is 11.3 Å². The van der Waals surface area contributed by atoms with Gasteiger partial charge in [0, 0.05) is 11.8 Å². The molecule has 0 radical (unpaired) electrons. The van der Waals surface area contributed by atoms with E-state index in [0.717, 1.165) is 17.1 Å². The zero-order valence-electron chi connectivity index (χ0n) is 10.3. The molecule has 1 atom stereocenters. The second-order valence-corrected chi connectivity index (χ2v) is 5.50. The summed E-state index contributed by atoms with van der Waals surface area (Å²) in [6.07, 6.45) is 0.891. The molecule has 0 aliphatic heterocycles. The lowest BCUT2D eigenvalue weighted by Crippen LogP contribution is -2.16. The standard InChI is InChI=1S/C14H18N2S/c1-10(2)13(15)14-16-12(9-17-14)8-11-6-4-3-5-7-11/h3-7,9-10,13H,8,15H2,1-2H3. The molecule has 0 saturated heterocycles. The van der Waals surface area contributed by atoms with Crippen molar-refractivity contribution < 1.29 is 0 Å². The number of benzene rings is 1. The van der Waals surface area contributed by atoms with Crippen LogP contribution in [0.25, 0.3) is 0 Å². The van der Waals surface area contributed by atoms with E-state index in [1.165, 1.54) is 5.56 Å². The van der Waals surface area contributed by atoms with Crippen molar-refractivity contribution in [2.75, 3.05) is 0 Å². The van der Waals surface area contributed by atoms with Gasteiger partial charge in [-0.2, -0.15) is 0 Å². The number of rotatable bonds is 4. The predicted molar refractivity (Wildman–Crippen MR) is 73.1 cm³/mol. The van der Waals surface area contributed by atoms with Crippen molar-refractivity contribution in [2.24, 2.45) is 11.7 Å². The van der Waals surface area contributed by atoms with E-state index in [-0.39, 0.29) is 6.04 Å². The van der Waals surface area contributed by atoms with Crippen LogP contribution in [-0.4, -0.2) is 4.98 Å². The monoisotopic (exact) mass is 246 g/mol. The van der Waals surface area contributed by atoms with E-state index in [0.29, 0.717) is 5.92 Å². The van der Waals surface area contributed by atoms with E-state index in [1.807, 2.05) is 6.07 Å². The van der Waals surface area contributed by atoms with Crippen molar-refractivity contribution in [2.45, 2.75) is 26.3 Å². The van der Waals surface area contributed by atoms with Crippen molar-refractivity contribution in [1.29, 1.82) is 0 Å². The second kappa shape index (κ2) is 5.43. The third kappa shape index (κ3) is 3.14. The van der Waals surface area contributed by atoms with Gasteiger partial charge in [-0.05, 0) is 11.5 Å². The van der Waals surface area contributed by atoms with Crippen molar-refractivity contribution >= 4 is 11.3 Å². The van der Waals surface area contributed by atoms with Crippen molar-refractivity contribution in [3.63, 3.8) is 0 Å². The first kappa shape index (κ1) is 12.3. The van der Waals surface area contributed by atoms with E-state index in [4.69, 9.17) is 5.73 Å². The minimum Gasteiger partial charge on any atom is -0.322 e. The molecule has 0 saturated carbocycles.